The standard InChI is InChI=1S/C18H21ClN2O4S/c1-18(2,3)13-7-9-15(10-8-13)25-12-17(22)20-21-26(23,24)16-6-4-5-14(19)11-16/h4-11,21H,12H2,1-3H3,(H,20,22). The number of hydrogen-bond acceptors (Lipinski definition) is 4. The highest BCUT2D eigenvalue weighted by atomic mass is 35.5. The molecular formula is C18H21ClN2O4S. The van der Waals surface area contributed by atoms with E-state index in [2.05, 4.69) is 26.2 Å². The average Bonchev–Trinajstić information content (AvgIpc) is 2.58. The number of halogens is 1. The van der Waals surface area contributed by atoms with Crippen LogP contribution in [-0.4, -0.2) is 20.9 Å². The van der Waals surface area contributed by atoms with Gasteiger partial charge in [0.05, 0.1) is 4.90 Å². The van der Waals surface area contributed by atoms with Crippen molar-refractivity contribution in [2.75, 3.05) is 6.61 Å². The lowest BCUT2D eigenvalue weighted by atomic mass is 9.87. The molecule has 1 amide bonds. The van der Waals surface area contributed by atoms with Crippen LogP contribution >= 0.6 is 11.6 Å². The fourth-order valence-electron chi connectivity index (χ4n) is 2.05. The predicted molar refractivity (Wildman–Crippen MR) is 101 cm³/mol. The normalized spacial score (nSPS) is 11.8. The molecule has 0 aromatic heterocycles. The summed E-state index contributed by atoms with van der Waals surface area (Å²) >= 11 is 5.77. The zero-order valence-electron chi connectivity index (χ0n) is 14.7. The Hall–Kier alpha value is -2.09. The van der Waals surface area contributed by atoms with Crippen LogP contribution in [-0.2, 0) is 20.2 Å². The van der Waals surface area contributed by atoms with Gasteiger partial charge < -0.3 is 4.74 Å². The first kappa shape index (κ1) is 20.2. The molecule has 0 aliphatic rings. The molecule has 0 unspecified atom stereocenters. The summed E-state index contributed by atoms with van der Waals surface area (Å²) in [5.74, 6) is -0.110. The van der Waals surface area contributed by atoms with Crippen LogP contribution in [0.5, 0.6) is 5.75 Å². The van der Waals surface area contributed by atoms with Gasteiger partial charge in [-0.05, 0) is 41.3 Å². The number of sulfonamides is 1. The van der Waals surface area contributed by atoms with Gasteiger partial charge in [0.25, 0.3) is 15.9 Å². The molecule has 2 aromatic rings. The van der Waals surface area contributed by atoms with Crippen molar-refractivity contribution in [3.63, 3.8) is 0 Å². The molecule has 2 N–H and O–H groups in total. The SMILES string of the molecule is CC(C)(C)c1ccc(OCC(=O)NNS(=O)(=O)c2cccc(Cl)c2)cc1. The van der Waals surface area contributed by atoms with E-state index in [0.29, 0.717) is 5.75 Å². The van der Waals surface area contributed by atoms with Crippen LogP contribution in [0.3, 0.4) is 0 Å². The van der Waals surface area contributed by atoms with Crippen LogP contribution in [0.1, 0.15) is 26.3 Å². The van der Waals surface area contributed by atoms with E-state index in [0.717, 1.165) is 5.56 Å². The molecule has 2 rings (SSSR count). The van der Waals surface area contributed by atoms with Gasteiger partial charge in [0.1, 0.15) is 5.75 Å². The maximum absolute atomic E-state index is 12.1. The fourth-order valence-corrected chi connectivity index (χ4v) is 3.21. The van der Waals surface area contributed by atoms with E-state index in [9.17, 15) is 13.2 Å². The molecule has 0 heterocycles. The van der Waals surface area contributed by atoms with Crippen LogP contribution in [0.25, 0.3) is 0 Å². The Morgan fingerprint density at radius 2 is 1.77 bits per heavy atom. The second-order valence-corrected chi connectivity index (χ2v) is 8.79. The first-order valence-electron chi connectivity index (χ1n) is 7.87. The van der Waals surface area contributed by atoms with Gasteiger partial charge in [0.2, 0.25) is 0 Å². The second-order valence-electron chi connectivity index (χ2n) is 6.67. The molecule has 0 radical (unpaired) electrons. The van der Waals surface area contributed by atoms with Gasteiger partial charge in [0, 0.05) is 5.02 Å². The summed E-state index contributed by atoms with van der Waals surface area (Å²) in [6.07, 6.45) is 0. The van der Waals surface area contributed by atoms with Crippen molar-refractivity contribution in [2.24, 2.45) is 0 Å². The highest BCUT2D eigenvalue weighted by Crippen LogP contribution is 2.24. The van der Waals surface area contributed by atoms with Gasteiger partial charge in [-0.25, -0.2) is 8.42 Å². The summed E-state index contributed by atoms with van der Waals surface area (Å²) in [6.45, 7) is 5.97. The van der Waals surface area contributed by atoms with Crippen molar-refractivity contribution in [3.8, 4) is 5.75 Å². The molecule has 0 atom stereocenters. The largest absolute Gasteiger partial charge is 0.484 e. The van der Waals surface area contributed by atoms with Crippen LogP contribution in [0.2, 0.25) is 5.02 Å². The minimum atomic E-state index is -3.90. The van der Waals surface area contributed by atoms with E-state index in [-0.39, 0.29) is 21.9 Å². The summed E-state index contributed by atoms with van der Waals surface area (Å²) in [7, 11) is -3.90. The molecular weight excluding hydrogens is 376 g/mol. The average molecular weight is 397 g/mol. The lowest BCUT2D eigenvalue weighted by molar-refractivity contribution is -0.123. The zero-order chi connectivity index (χ0) is 19.4. The predicted octanol–water partition coefficient (Wildman–Crippen LogP) is 3.03. The molecule has 0 spiro atoms. The van der Waals surface area contributed by atoms with Crippen LogP contribution in [0, 0.1) is 0 Å². The topological polar surface area (TPSA) is 84.5 Å². The van der Waals surface area contributed by atoms with E-state index < -0.39 is 15.9 Å². The third kappa shape index (κ3) is 5.72. The van der Waals surface area contributed by atoms with Gasteiger partial charge in [0.15, 0.2) is 6.61 Å². The van der Waals surface area contributed by atoms with Crippen molar-refractivity contribution < 1.29 is 17.9 Å². The smallest absolute Gasteiger partial charge is 0.272 e. The highest BCUT2D eigenvalue weighted by Gasteiger charge is 2.16. The van der Waals surface area contributed by atoms with Crippen LogP contribution in [0.15, 0.2) is 53.4 Å². The lowest BCUT2D eigenvalue weighted by Gasteiger charge is -2.19. The van der Waals surface area contributed by atoms with Gasteiger partial charge >= 0.3 is 0 Å². The van der Waals surface area contributed by atoms with E-state index in [1.165, 1.54) is 18.2 Å². The number of rotatable bonds is 6. The maximum Gasteiger partial charge on any atom is 0.272 e. The van der Waals surface area contributed by atoms with Crippen molar-refractivity contribution in [2.45, 2.75) is 31.1 Å². The summed E-state index contributed by atoms with van der Waals surface area (Å²) in [5.41, 5.74) is 3.27. The second kappa shape index (κ2) is 8.07. The molecule has 6 nitrogen and oxygen atoms in total. The third-order valence-corrected chi connectivity index (χ3v) is 5.00. The Morgan fingerprint density at radius 3 is 2.35 bits per heavy atom. The van der Waals surface area contributed by atoms with E-state index in [4.69, 9.17) is 16.3 Å². The number of benzene rings is 2. The van der Waals surface area contributed by atoms with Crippen molar-refractivity contribution in [3.05, 3.63) is 59.1 Å². The maximum atomic E-state index is 12.1. The van der Waals surface area contributed by atoms with E-state index in [1.807, 2.05) is 17.0 Å². The molecule has 0 saturated carbocycles. The molecule has 26 heavy (non-hydrogen) atoms. The summed E-state index contributed by atoms with van der Waals surface area (Å²) in [5, 5.41) is 0.279. The van der Waals surface area contributed by atoms with Gasteiger partial charge in [-0.1, -0.05) is 50.6 Å². The quantitative estimate of drug-likeness (QED) is 0.735. The van der Waals surface area contributed by atoms with Crippen LogP contribution in [0.4, 0.5) is 0 Å². The first-order valence-corrected chi connectivity index (χ1v) is 9.73. The Balaban J connectivity index is 1.87. The molecule has 0 fully saturated rings. The van der Waals surface area contributed by atoms with Gasteiger partial charge in [-0.15, -0.1) is 4.83 Å². The summed E-state index contributed by atoms with van der Waals surface area (Å²) in [6, 6.07) is 13.1. The first-order chi connectivity index (χ1) is 12.1. The minimum absolute atomic E-state index is 0.0223. The van der Waals surface area contributed by atoms with Crippen molar-refractivity contribution in [1.82, 2.24) is 10.3 Å². The number of carbonyl (C=O) groups is 1. The fraction of sp³-hybridized carbons (Fsp3) is 0.278. The highest BCUT2D eigenvalue weighted by molar-refractivity contribution is 7.89. The van der Waals surface area contributed by atoms with Crippen LogP contribution < -0.4 is 15.0 Å². The molecule has 0 aliphatic heterocycles. The third-order valence-electron chi connectivity index (χ3n) is 3.52. The minimum Gasteiger partial charge on any atom is -0.484 e. The summed E-state index contributed by atoms with van der Waals surface area (Å²) < 4.78 is 29.5. The Kier molecular flexibility index (Phi) is 6.28. The van der Waals surface area contributed by atoms with E-state index in [1.54, 1.807) is 18.2 Å². The summed E-state index contributed by atoms with van der Waals surface area (Å²) in [4.78, 5) is 13.7. The van der Waals surface area contributed by atoms with Crippen molar-refractivity contribution in [1.29, 1.82) is 0 Å². The molecule has 0 bridgehead atoms. The van der Waals surface area contributed by atoms with E-state index >= 15 is 0 Å². The molecule has 2 aromatic carbocycles. The van der Waals surface area contributed by atoms with Crippen molar-refractivity contribution >= 4 is 27.5 Å². The number of hydrogen-bond donors (Lipinski definition) is 2. The van der Waals surface area contributed by atoms with Gasteiger partial charge in [-0.2, -0.15) is 0 Å². The lowest BCUT2D eigenvalue weighted by Crippen LogP contribution is -2.43. The number of nitrogens with one attached hydrogen (secondary N) is 2. The Labute approximate surface area is 158 Å². The van der Waals surface area contributed by atoms with Gasteiger partial charge in [-0.3, -0.25) is 10.2 Å². The number of carbonyl (C=O) groups excluding carboxylic acids is 1. The number of amides is 1. The molecule has 0 aliphatic carbocycles. The molecule has 0 saturated heterocycles. The Bertz CT molecular complexity index is 875. The molecule has 140 valence electrons. The Morgan fingerprint density at radius 1 is 1.12 bits per heavy atom. The number of ether oxygens (including phenoxy) is 1. The number of hydrazine groups is 1. The monoisotopic (exact) mass is 396 g/mol. The zero-order valence-corrected chi connectivity index (χ0v) is 16.3. The molecule has 8 heteroatoms.